The van der Waals surface area contributed by atoms with Crippen molar-refractivity contribution in [2.45, 2.75) is 33.6 Å². The van der Waals surface area contributed by atoms with Crippen LogP contribution in [-0.2, 0) is 19.1 Å². The molecule has 1 aliphatic rings. The number of ether oxygens (including phenoxy) is 2. The number of aliphatic imine (C=N–C) groups is 1. The molecule has 30 heavy (non-hydrogen) atoms. The normalized spacial score (nSPS) is 18.7. The van der Waals surface area contributed by atoms with Gasteiger partial charge < -0.3 is 14.8 Å². The van der Waals surface area contributed by atoms with Gasteiger partial charge in [0.25, 0.3) is 0 Å². The van der Waals surface area contributed by atoms with E-state index in [4.69, 9.17) is 9.47 Å². The maximum Gasteiger partial charge on any atom is 0.336 e. The molecule has 1 N–H and O–H groups in total. The molecule has 2 heterocycles. The zero-order chi connectivity index (χ0) is 22.0. The number of aryl methyl sites for hydroxylation is 2. The minimum atomic E-state index is -0.740. The first kappa shape index (κ1) is 21.7. The summed E-state index contributed by atoms with van der Waals surface area (Å²) < 4.78 is 10.1. The molecule has 1 aromatic carbocycles. The third kappa shape index (κ3) is 4.00. The van der Waals surface area contributed by atoms with Gasteiger partial charge in [-0.1, -0.05) is 18.2 Å². The molecule has 7 nitrogen and oxygen atoms in total. The van der Waals surface area contributed by atoms with Crippen LogP contribution in [0.4, 0.5) is 10.8 Å². The van der Waals surface area contributed by atoms with Crippen LogP contribution in [0.1, 0.15) is 35.9 Å². The van der Waals surface area contributed by atoms with Crippen LogP contribution in [0.2, 0.25) is 0 Å². The number of allylic oxidation sites excluding steroid dienone is 1. The number of hydrogen-bond acceptors (Lipinski definition) is 8. The first-order valence-electron chi connectivity index (χ1n) is 9.50. The minimum absolute atomic E-state index is 0.347. The molecular formula is C22H25N3O4S. The van der Waals surface area contributed by atoms with Crippen LogP contribution in [0.5, 0.6) is 0 Å². The number of hydrogen-bond donors (Lipinski definition) is 1. The molecule has 0 bridgehead atoms. The Kier molecular flexibility index (Phi) is 6.36. The zero-order valence-corrected chi connectivity index (χ0v) is 18.7. The van der Waals surface area contributed by atoms with Gasteiger partial charge in [0.1, 0.15) is 5.92 Å². The fourth-order valence-electron chi connectivity index (χ4n) is 3.70. The summed E-state index contributed by atoms with van der Waals surface area (Å²) in [6, 6.07) is 7.56. The quantitative estimate of drug-likeness (QED) is 0.716. The minimum Gasteiger partial charge on any atom is -0.468 e. The average Bonchev–Trinajstić information content (AvgIpc) is 3.03. The molecule has 0 radical (unpaired) electrons. The SMILES string of the molecule is COC(=O)C1=C(C)N=C(C)C(C(=O)OC)C1c1ccccc1Nc1nc(C)c(C)s1. The second kappa shape index (κ2) is 8.79. The van der Waals surface area contributed by atoms with Gasteiger partial charge >= 0.3 is 11.9 Å². The molecule has 0 aliphatic carbocycles. The Morgan fingerprint density at radius 3 is 2.37 bits per heavy atom. The molecule has 3 rings (SSSR count). The van der Waals surface area contributed by atoms with Gasteiger partial charge in [0.15, 0.2) is 5.13 Å². The highest BCUT2D eigenvalue weighted by Crippen LogP contribution is 2.43. The number of methoxy groups -OCH3 is 2. The number of aromatic nitrogens is 1. The van der Waals surface area contributed by atoms with Crippen molar-refractivity contribution in [3.8, 4) is 0 Å². The average molecular weight is 428 g/mol. The second-order valence-electron chi connectivity index (χ2n) is 7.10. The van der Waals surface area contributed by atoms with Crippen LogP contribution < -0.4 is 5.32 Å². The largest absolute Gasteiger partial charge is 0.468 e. The Morgan fingerprint density at radius 2 is 1.77 bits per heavy atom. The van der Waals surface area contributed by atoms with Crippen molar-refractivity contribution in [2.75, 3.05) is 19.5 Å². The summed E-state index contributed by atoms with van der Waals surface area (Å²) in [6.45, 7) is 7.49. The standard InChI is InChI=1S/C22H25N3O4S/c1-11-14(4)30-22(24-11)25-16-10-8-7-9-15(16)19-17(20(26)28-5)12(2)23-13(3)18(19)21(27)29-6/h7-10,17,19H,1-6H3,(H,24,25). The monoisotopic (exact) mass is 427 g/mol. The summed E-state index contributed by atoms with van der Waals surface area (Å²) in [6.07, 6.45) is 0. The Hall–Kier alpha value is -3.00. The molecule has 0 saturated heterocycles. The molecule has 158 valence electrons. The van der Waals surface area contributed by atoms with E-state index in [0.29, 0.717) is 17.0 Å². The lowest BCUT2D eigenvalue weighted by atomic mass is 9.75. The number of carbonyl (C=O) groups is 2. The molecular weight excluding hydrogens is 402 g/mol. The van der Waals surface area contributed by atoms with Crippen molar-refractivity contribution in [3.63, 3.8) is 0 Å². The Morgan fingerprint density at radius 1 is 1.07 bits per heavy atom. The maximum absolute atomic E-state index is 12.7. The summed E-state index contributed by atoms with van der Waals surface area (Å²) in [5, 5.41) is 4.10. The smallest absolute Gasteiger partial charge is 0.336 e. The van der Waals surface area contributed by atoms with Crippen molar-refractivity contribution in [1.82, 2.24) is 4.98 Å². The van der Waals surface area contributed by atoms with E-state index in [2.05, 4.69) is 15.3 Å². The summed E-state index contributed by atoms with van der Waals surface area (Å²) >= 11 is 1.55. The topological polar surface area (TPSA) is 89.9 Å². The first-order chi connectivity index (χ1) is 14.3. The lowest BCUT2D eigenvalue weighted by Gasteiger charge is -2.32. The van der Waals surface area contributed by atoms with E-state index in [9.17, 15) is 9.59 Å². The molecule has 2 unspecified atom stereocenters. The van der Waals surface area contributed by atoms with Crippen molar-refractivity contribution in [2.24, 2.45) is 10.9 Å². The van der Waals surface area contributed by atoms with Gasteiger partial charge in [-0.3, -0.25) is 9.79 Å². The van der Waals surface area contributed by atoms with Gasteiger partial charge in [-0.2, -0.15) is 0 Å². The van der Waals surface area contributed by atoms with Gasteiger partial charge in [0, 0.05) is 27.9 Å². The third-order valence-electron chi connectivity index (χ3n) is 5.25. The second-order valence-corrected chi connectivity index (χ2v) is 8.30. The van der Waals surface area contributed by atoms with Gasteiger partial charge in [0.05, 0.1) is 25.5 Å². The zero-order valence-electron chi connectivity index (χ0n) is 17.9. The van der Waals surface area contributed by atoms with Crippen LogP contribution in [0.25, 0.3) is 0 Å². The van der Waals surface area contributed by atoms with Gasteiger partial charge in [0.2, 0.25) is 0 Å². The molecule has 8 heteroatoms. The molecule has 2 atom stereocenters. The van der Waals surface area contributed by atoms with Crippen molar-refractivity contribution in [3.05, 3.63) is 51.7 Å². The van der Waals surface area contributed by atoms with E-state index < -0.39 is 23.8 Å². The first-order valence-corrected chi connectivity index (χ1v) is 10.3. The Balaban J connectivity index is 2.17. The van der Waals surface area contributed by atoms with E-state index in [-0.39, 0.29) is 0 Å². The summed E-state index contributed by atoms with van der Waals surface area (Å²) in [4.78, 5) is 35.6. The van der Waals surface area contributed by atoms with Gasteiger partial charge in [-0.25, -0.2) is 9.78 Å². The molecule has 1 aliphatic heterocycles. The van der Waals surface area contributed by atoms with Crippen molar-refractivity contribution >= 4 is 39.8 Å². The fraction of sp³-hybridized carbons (Fsp3) is 0.364. The van der Waals surface area contributed by atoms with E-state index in [0.717, 1.165) is 27.0 Å². The van der Waals surface area contributed by atoms with E-state index >= 15 is 0 Å². The number of esters is 2. The molecule has 1 aromatic heterocycles. The van der Waals surface area contributed by atoms with Crippen LogP contribution in [0, 0.1) is 19.8 Å². The molecule has 0 saturated carbocycles. The summed E-state index contributed by atoms with van der Waals surface area (Å²) in [5.41, 5.74) is 3.95. The summed E-state index contributed by atoms with van der Waals surface area (Å²) in [5.74, 6) is -2.31. The number of rotatable bonds is 5. The fourth-order valence-corrected chi connectivity index (χ4v) is 4.53. The van der Waals surface area contributed by atoms with Gasteiger partial charge in [-0.15, -0.1) is 11.3 Å². The lowest BCUT2D eigenvalue weighted by molar-refractivity contribution is -0.143. The van der Waals surface area contributed by atoms with Crippen molar-refractivity contribution < 1.29 is 19.1 Å². The predicted octanol–water partition coefficient (Wildman–Crippen LogP) is 4.30. The highest BCUT2D eigenvalue weighted by atomic mass is 32.1. The number of carbonyl (C=O) groups excluding carboxylic acids is 2. The van der Waals surface area contributed by atoms with Crippen LogP contribution >= 0.6 is 11.3 Å². The number of anilines is 2. The highest BCUT2D eigenvalue weighted by Gasteiger charge is 2.43. The molecule has 0 amide bonds. The molecule has 2 aromatic rings. The van der Waals surface area contributed by atoms with E-state index in [1.165, 1.54) is 14.2 Å². The maximum atomic E-state index is 12.7. The van der Waals surface area contributed by atoms with E-state index in [1.54, 1.807) is 25.2 Å². The number of para-hydroxylation sites is 1. The Labute approximate surface area is 179 Å². The van der Waals surface area contributed by atoms with E-state index in [1.807, 2.05) is 38.1 Å². The predicted molar refractivity (Wildman–Crippen MR) is 117 cm³/mol. The Bertz CT molecular complexity index is 1030. The van der Waals surface area contributed by atoms with Crippen molar-refractivity contribution in [1.29, 1.82) is 0 Å². The molecule has 0 fully saturated rings. The number of benzene rings is 1. The number of nitrogens with zero attached hydrogens (tertiary/aromatic N) is 2. The van der Waals surface area contributed by atoms with Crippen LogP contribution in [0.3, 0.4) is 0 Å². The van der Waals surface area contributed by atoms with Crippen LogP contribution in [0.15, 0.2) is 40.5 Å². The lowest BCUT2D eigenvalue weighted by Crippen LogP contribution is -2.36. The molecule has 0 spiro atoms. The third-order valence-corrected chi connectivity index (χ3v) is 6.24. The summed E-state index contributed by atoms with van der Waals surface area (Å²) in [7, 11) is 2.66. The highest BCUT2D eigenvalue weighted by molar-refractivity contribution is 7.15. The number of nitrogens with one attached hydrogen (secondary N) is 1. The van der Waals surface area contributed by atoms with Crippen LogP contribution in [-0.4, -0.2) is 36.9 Å². The number of thiazole rings is 1. The van der Waals surface area contributed by atoms with Gasteiger partial charge in [-0.05, 0) is 39.3 Å².